The second-order valence-corrected chi connectivity index (χ2v) is 4.36. The molecule has 0 radical (unpaired) electrons. The van der Waals surface area contributed by atoms with E-state index in [-0.39, 0.29) is 17.4 Å². The summed E-state index contributed by atoms with van der Waals surface area (Å²) in [6.07, 6.45) is 0. The lowest BCUT2D eigenvalue weighted by molar-refractivity contribution is -0.142. The highest BCUT2D eigenvalue weighted by Crippen LogP contribution is 2.27. The smallest absolute Gasteiger partial charge is 0.316 e. The van der Waals surface area contributed by atoms with E-state index in [9.17, 15) is 9.90 Å². The molecule has 0 fully saturated rings. The summed E-state index contributed by atoms with van der Waals surface area (Å²) in [6, 6.07) is 4.35. The Labute approximate surface area is 88.7 Å². The summed E-state index contributed by atoms with van der Waals surface area (Å²) in [4.78, 5) is 11.5. The number of carbonyl (C=O) groups excluding carboxylic acids is 1. The average Bonchev–Trinajstić information content (AvgIpc) is 2.10. The zero-order valence-electron chi connectivity index (χ0n) is 9.07. The summed E-state index contributed by atoms with van der Waals surface area (Å²) in [5.41, 5.74) is 5.10. The Kier molecular flexibility index (Phi) is 2.88. The SMILES string of the molecule is CC(C)(C)C(=O)Oc1ccc(N)c(O)c1. The van der Waals surface area contributed by atoms with Gasteiger partial charge in [0.25, 0.3) is 0 Å². The van der Waals surface area contributed by atoms with Gasteiger partial charge in [-0.1, -0.05) is 0 Å². The van der Waals surface area contributed by atoms with Gasteiger partial charge in [-0.2, -0.15) is 0 Å². The number of phenols is 1. The number of rotatable bonds is 1. The van der Waals surface area contributed by atoms with Crippen molar-refractivity contribution in [2.24, 2.45) is 5.41 Å². The van der Waals surface area contributed by atoms with Gasteiger partial charge in [0.15, 0.2) is 0 Å². The normalized spacial score (nSPS) is 11.1. The molecule has 0 aliphatic carbocycles. The first kappa shape index (κ1) is 11.4. The van der Waals surface area contributed by atoms with Crippen LogP contribution in [-0.2, 0) is 4.79 Å². The highest BCUT2D eigenvalue weighted by molar-refractivity contribution is 5.78. The number of carbonyl (C=O) groups is 1. The molecule has 0 atom stereocenters. The monoisotopic (exact) mass is 209 g/mol. The van der Waals surface area contributed by atoms with Crippen LogP contribution in [0.5, 0.6) is 11.5 Å². The fourth-order valence-electron chi connectivity index (χ4n) is 0.847. The Morgan fingerprint density at radius 2 is 2.00 bits per heavy atom. The highest BCUT2D eigenvalue weighted by Gasteiger charge is 2.23. The summed E-state index contributed by atoms with van der Waals surface area (Å²) < 4.78 is 5.06. The fourth-order valence-corrected chi connectivity index (χ4v) is 0.847. The van der Waals surface area contributed by atoms with E-state index in [0.29, 0.717) is 5.75 Å². The number of benzene rings is 1. The third-order valence-corrected chi connectivity index (χ3v) is 1.82. The van der Waals surface area contributed by atoms with Gasteiger partial charge >= 0.3 is 5.97 Å². The Morgan fingerprint density at radius 1 is 1.40 bits per heavy atom. The van der Waals surface area contributed by atoms with Crippen LogP contribution < -0.4 is 10.5 Å². The molecule has 0 aliphatic heterocycles. The van der Waals surface area contributed by atoms with Crippen LogP contribution >= 0.6 is 0 Å². The molecule has 3 N–H and O–H groups in total. The Morgan fingerprint density at radius 3 is 2.47 bits per heavy atom. The van der Waals surface area contributed by atoms with Crippen LogP contribution in [0.2, 0.25) is 0 Å². The van der Waals surface area contributed by atoms with Crippen LogP contribution in [0.15, 0.2) is 18.2 Å². The number of hydrogen-bond donors (Lipinski definition) is 2. The molecule has 0 saturated heterocycles. The zero-order chi connectivity index (χ0) is 11.6. The molecule has 0 heterocycles. The van der Waals surface area contributed by atoms with Gasteiger partial charge in [-0.05, 0) is 32.9 Å². The van der Waals surface area contributed by atoms with E-state index < -0.39 is 5.41 Å². The number of hydrogen-bond acceptors (Lipinski definition) is 4. The molecule has 0 amide bonds. The second-order valence-electron chi connectivity index (χ2n) is 4.36. The number of anilines is 1. The van der Waals surface area contributed by atoms with Crippen LogP contribution in [0.3, 0.4) is 0 Å². The van der Waals surface area contributed by atoms with E-state index in [1.807, 2.05) is 0 Å². The summed E-state index contributed by atoms with van der Waals surface area (Å²) in [6.45, 7) is 5.27. The number of nitrogen functional groups attached to an aromatic ring is 1. The first-order chi connectivity index (χ1) is 6.80. The number of esters is 1. The standard InChI is InChI=1S/C11H15NO3/c1-11(2,3)10(14)15-7-4-5-8(12)9(13)6-7/h4-6,13H,12H2,1-3H3. The van der Waals surface area contributed by atoms with Crippen molar-refractivity contribution in [1.29, 1.82) is 0 Å². The van der Waals surface area contributed by atoms with E-state index in [2.05, 4.69) is 0 Å². The van der Waals surface area contributed by atoms with E-state index in [0.717, 1.165) is 0 Å². The lowest BCUT2D eigenvalue weighted by atomic mass is 9.97. The van der Waals surface area contributed by atoms with Gasteiger partial charge < -0.3 is 15.6 Å². The molecule has 0 aliphatic rings. The molecule has 1 rings (SSSR count). The zero-order valence-corrected chi connectivity index (χ0v) is 9.07. The first-order valence-corrected chi connectivity index (χ1v) is 4.61. The summed E-state index contributed by atoms with van der Waals surface area (Å²) in [5, 5.41) is 9.30. The highest BCUT2D eigenvalue weighted by atomic mass is 16.5. The number of aromatic hydroxyl groups is 1. The van der Waals surface area contributed by atoms with Crippen molar-refractivity contribution < 1.29 is 14.6 Å². The molecule has 15 heavy (non-hydrogen) atoms. The Bertz CT molecular complexity index is 380. The van der Waals surface area contributed by atoms with E-state index in [1.54, 1.807) is 26.8 Å². The number of ether oxygens (including phenoxy) is 1. The summed E-state index contributed by atoms with van der Waals surface area (Å²) in [5.74, 6) is -0.150. The summed E-state index contributed by atoms with van der Waals surface area (Å²) in [7, 11) is 0. The predicted octanol–water partition coefficient (Wildman–Crippen LogP) is 1.93. The largest absolute Gasteiger partial charge is 0.506 e. The first-order valence-electron chi connectivity index (χ1n) is 4.61. The van der Waals surface area contributed by atoms with Gasteiger partial charge in [0, 0.05) is 6.07 Å². The molecular weight excluding hydrogens is 194 g/mol. The number of nitrogens with two attached hydrogens (primary N) is 1. The van der Waals surface area contributed by atoms with E-state index >= 15 is 0 Å². The van der Waals surface area contributed by atoms with Gasteiger partial charge in [0.1, 0.15) is 11.5 Å². The van der Waals surface area contributed by atoms with E-state index in [1.165, 1.54) is 12.1 Å². The van der Waals surface area contributed by atoms with Gasteiger partial charge in [-0.25, -0.2) is 0 Å². The second kappa shape index (κ2) is 3.81. The molecule has 0 spiro atoms. The maximum Gasteiger partial charge on any atom is 0.316 e. The van der Waals surface area contributed by atoms with Crippen LogP contribution in [-0.4, -0.2) is 11.1 Å². The molecule has 82 valence electrons. The van der Waals surface area contributed by atoms with Crippen molar-refractivity contribution >= 4 is 11.7 Å². The molecule has 0 unspecified atom stereocenters. The molecule has 1 aromatic rings. The van der Waals surface area contributed by atoms with Crippen molar-refractivity contribution in [2.45, 2.75) is 20.8 Å². The maximum atomic E-state index is 11.5. The molecule has 4 nitrogen and oxygen atoms in total. The minimum atomic E-state index is -0.572. The average molecular weight is 209 g/mol. The van der Waals surface area contributed by atoms with Gasteiger partial charge in [0.05, 0.1) is 11.1 Å². The van der Waals surface area contributed by atoms with Gasteiger partial charge in [0.2, 0.25) is 0 Å². The Hall–Kier alpha value is -1.71. The van der Waals surface area contributed by atoms with Crippen molar-refractivity contribution in [1.82, 2.24) is 0 Å². The topological polar surface area (TPSA) is 72.5 Å². The summed E-state index contributed by atoms with van der Waals surface area (Å²) >= 11 is 0. The van der Waals surface area contributed by atoms with Gasteiger partial charge in [-0.15, -0.1) is 0 Å². The molecular formula is C11H15NO3. The lowest BCUT2D eigenvalue weighted by Crippen LogP contribution is -2.25. The van der Waals surface area contributed by atoms with Crippen molar-refractivity contribution in [2.75, 3.05) is 5.73 Å². The molecule has 0 bridgehead atoms. The van der Waals surface area contributed by atoms with Crippen LogP contribution in [0.25, 0.3) is 0 Å². The minimum Gasteiger partial charge on any atom is -0.506 e. The molecule has 0 aromatic heterocycles. The van der Waals surface area contributed by atoms with Crippen molar-refractivity contribution in [3.05, 3.63) is 18.2 Å². The third-order valence-electron chi connectivity index (χ3n) is 1.82. The van der Waals surface area contributed by atoms with Crippen LogP contribution in [0, 0.1) is 5.41 Å². The third kappa shape index (κ3) is 2.87. The predicted molar refractivity (Wildman–Crippen MR) is 57.6 cm³/mol. The lowest BCUT2D eigenvalue weighted by Gasteiger charge is -2.16. The molecule has 1 aromatic carbocycles. The van der Waals surface area contributed by atoms with E-state index in [4.69, 9.17) is 10.5 Å². The van der Waals surface area contributed by atoms with Gasteiger partial charge in [-0.3, -0.25) is 4.79 Å². The van der Waals surface area contributed by atoms with Crippen LogP contribution in [0.4, 0.5) is 5.69 Å². The fraction of sp³-hybridized carbons (Fsp3) is 0.364. The van der Waals surface area contributed by atoms with Crippen LogP contribution in [0.1, 0.15) is 20.8 Å². The molecule has 4 heteroatoms. The number of phenolic OH excluding ortho intramolecular Hbond substituents is 1. The minimum absolute atomic E-state index is 0.0887. The van der Waals surface area contributed by atoms with Crippen molar-refractivity contribution in [3.8, 4) is 11.5 Å². The quantitative estimate of drug-likeness (QED) is 0.321. The Balaban J connectivity index is 2.83. The molecule has 0 saturated carbocycles. The van der Waals surface area contributed by atoms with Crippen molar-refractivity contribution in [3.63, 3.8) is 0 Å². The maximum absolute atomic E-state index is 11.5.